The highest BCUT2D eigenvalue weighted by Gasteiger charge is 2.22. The van der Waals surface area contributed by atoms with Gasteiger partial charge in [0.05, 0.1) is 5.92 Å². The second-order valence-corrected chi connectivity index (χ2v) is 4.87. The van der Waals surface area contributed by atoms with Crippen molar-refractivity contribution in [2.24, 2.45) is 11.8 Å². The van der Waals surface area contributed by atoms with Crippen molar-refractivity contribution in [3.05, 3.63) is 13.2 Å². The molecule has 0 aliphatic heterocycles. The van der Waals surface area contributed by atoms with Crippen LogP contribution in [0.2, 0.25) is 0 Å². The molecule has 1 rings (SSSR count). The van der Waals surface area contributed by atoms with E-state index in [9.17, 15) is 4.79 Å². The van der Waals surface area contributed by atoms with Gasteiger partial charge < -0.3 is 4.74 Å². The third-order valence-electron chi connectivity index (χ3n) is 2.81. The first-order chi connectivity index (χ1) is 7.59. The summed E-state index contributed by atoms with van der Waals surface area (Å²) in [6.45, 7) is 12.2. The topological polar surface area (TPSA) is 26.3 Å². The maximum atomic E-state index is 11.6. The first kappa shape index (κ1) is 15.2. The molecule has 0 unspecified atom stereocenters. The van der Waals surface area contributed by atoms with Gasteiger partial charge in [-0.15, -0.1) is 13.2 Å². The summed E-state index contributed by atoms with van der Waals surface area (Å²) < 4.78 is 5.44. The Labute approximate surface area is 100 Å². The van der Waals surface area contributed by atoms with Crippen LogP contribution in [0.1, 0.15) is 52.9 Å². The molecule has 1 fully saturated rings. The molecule has 0 heterocycles. The summed E-state index contributed by atoms with van der Waals surface area (Å²) in [6, 6.07) is 0. The Balaban J connectivity index is 0.00000106. The Kier molecular flexibility index (Phi) is 7.96. The molecule has 16 heavy (non-hydrogen) atoms. The lowest BCUT2D eigenvalue weighted by Gasteiger charge is -2.16. The number of esters is 1. The Bertz CT molecular complexity index is 193. The molecule has 1 aliphatic carbocycles. The molecule has 1 saturated carbocycles. The summed E-state index contributed by atoms with van der Waals surface area (Å²) in [4.78, 5) is 11.6. The van der Waals surface area contributed by atoms with Crippen LogP contribution in [-0.2, 0) is 9.53 Å². The van der Waals surface area contributed by atoms with Gasteiger partial charge in [0.15, 0.2) is 0 Å². The van der Waals surface area contributed by atoms with Crippen LogP contribution < -0.4 is 0 Å². The van der Waals surface area contributed by atoms with Crippen molar-refractivity contribution in [1.29, 1.82) is 0 Å². The van der Waals surface area contributed by atoms with E-state index in [-0.39, 0.29) is 18.0 Å². The third-order valence-corrected chi connectivity index (χ3v) is 2.81. The SMILES string of the molecule is C=C.CC(C)C[C@H](C)C(=O)OC1CCCC1. The van der Waals surface area contributed by atoms with Gasteiger partial charge in [-0.1, -0.05) is 20.8 Å². The monoisotopic (exact) mass is 226 g/mol. The Morgan fingerprint density at radius 3 is 2.19 bits per heavy atom. The number of carbonyl (C=O) groups excluding carboxylic acids is 1. The van der Waals surface area contributed by atoms with Gasteiger partial charge in [-0.3, -0.25) is 4.79 Å². The molecule has 0 spiro atoms. The maximum Gasteiger partial charge on any atom is 0.308 e. The van der Waals surface area contributed by atoms with Crippen molar-refractivity contribution in [3.63, 3.8) is 0 Å². The molecular weight excluding hydrogens is 200 g/mol. The van der Waals surface area contributed by atoms with E-state index in [1.165, 1.54) is 12.8 Å². The minimum Gasteiger partial charge on any atom is -0.462 e. The van der Waals surface area contributed by atoms with E-state index in [4.69, 9.17) is 4.74 Å². The smallest absolute Gasteiger partial charge is 0.308 e. The van der Waals surface area contributed by atoms with Gasteiger partial charge in [-0.25, -0.2) is 0 Å². The minimum atomic E-state index is 0.00519. The molecule has 2 nitrogen and oxygen atoms in total. The van der Waals surface area contributed by atoms with Gasteiger partial charge >= 0.3 is 5.97 Å². The largest absolute Gasteiger partial charge is 0.462 e. The standard InChI is InChI=1S/C12H22O2.C2H4/c1-9(2)8-10(3)12(13)14-11-6-4-5-7-11;1-2/h9-11H,4-8H2,1-3H3;1-2H2/t10-;/m0./s1. The highest BCUT2D eigenvalue weighted by atomic mass is 16.5. The van der Waals surface area contributed by atoms with Gasteiger partial charge in [0.1, 0.15) is 6.10 Å². The highest BCUT2D eigenvalue weighted by molar-refractivity contribution is 5.72. The summed E-state index contributed by atoms with van der Waals surface area (Å²) in [5.74, 6) is 0.641. The molecule has 1 atom stereocenters. The molecule has 0 aromatic carbocycles. The predicted molar refractivity (Wildman–Crippen MR) is 68.2 cm³/mol. The van der Waals surface area contributed by atoms with Crippen LogP contribution in [0.5, 0.6) is 0 Å². The van der Waals surface area contributed by atoms with E-state index in [0.717, 1.165) is 19.3 Å². The average molecular weight is 226 g/mol. The fourth-order valence-electron chi connectivity index (χ4n) is 2.09. The van der Waals surface area contributed by atoms with E-state index in [1.807, 2.05) is 6.92 Å². The lowest BCUT2D eigenvalue weighted by molar-refractivity contribution is -0.153. The molecule has 0 radical (unpaired) electrons. The van der Waals surface area contributed by atoms with Gasteiger partial charge in [0.2, 0.25) is 0 Å². The first-order valence-electron chi connectivity index (χ1n) is 6.30. The number of hydrogen-bond donors (Lipinski definition) is 0. The summed E-state index contributed by atoms with van der Waals surface area (Å²) >= 11 is 0. The molecule has 0 amide bonds. The molecule has 94 valence electrons. The predicted octanol–water partition coefficient (Wildman–Crippen LogP) is 3.96. The van der Waals surface area contributed by atoms with Crippen LogP contribution >= 0.6 is 0 Å². The van der Waals surface area contributed by atoms with E-state index in [1.54, 1.807) is 0 Å². The quantitative estimate of drug-likeness (QED) is 0.536. The minimum absolute atomic E-state index is 0.00519. The number of carbonyl (C=O) groups is 1. The van der Waals surface area contributed by atoms with Crippen LogP contribution in [0.4, 0.5) is 0 Å². The zero-order chi connectivity index (χ0) is 12.6. The molecule has 0 saturated heterocycles. The molecule has 0 bridgehead atoms. The Morgan fingerprint density at radius 2 is 1.75 bits per heavy atom. The van der Waals surface area contributed by atoms with Crippen molar-refractivity contribution in [3.8, 4) is 0 Å². The first-order valence-corrected chi connectivity index (χ1v) is 6.30. The van der Waals surface area contributed by atoms with Gasteiger partial charge in [0.25, 0.3) is 0 Å². The van der Waals surface area contributed by atoms with Crippen molar-refractivity contribution in [1.82, 2.24) is 0 Å². The van der Waals surface area contributed by atoms with Crippen molar-refractivity contribution < 1.29 is 9.53 Å². The van der Waals surface area contributed by atoms with E-state index < -0.39 is 0 Å². The van der Waals surface area contributed by atoms with Gasteiger partial charge in [-0.2, -0.15) is 0 Å². The molecule has 2 heteroatoms. The fourth-order valence-corrected chi connectivity index (χ4v) is 2.09. The zero-order valence-electron chi connectivity index (χ0n) is 11.0. The van der Waals surface area contributed by atoms with Gasteiger partial charge in [-0.05, 0) is 38.0 Å². The lowest BCUT2D eigenvalue weighted by Crippen LogP contribution is -2.21. The fraction of sp³-hybridized carbons (Fsp3) is 0.786. The maximum absolute atomic E-state index is 11.6. The number of ether oxygens (including phenoxy) is 1. The van der Waals surface area contributed by atoms with Crippen LogP contribution in [0.3, 0.4) is 0 Å². The summed E-state index contributed by atoms with van der Waals surface area (Å²) in [6.07, 6.45) is 5.73. The van der Waals surface area contributed by atoms with Crippen LogP contribution in [-0.4, -0.2) is 12.1 Å². The van der Waals surface area contributed by atoms with Crippen molar-refractivity contribution in [2.45, 2.75) is 59.0 Å². The van der Waals surface area contributed by atoms with Crippen molar-refractivity contribution >= 4 is 5.97 Å². The van der Waals surface area contributed by atoms with E-state index >= 15 is 0 Å². The zero-order valence-corrected chi connectivity index (χ0v) is 11.0. The Hall–Kier alpha value is -0.790. The normalized spacial score (nSPS) is 17.8. The molecule has 0 aromatic heterocycles. The van der Waals surface area contributed by atoms with Crippen LogP contribution in [0.25, 0.3) is 0 Å². The van der Waals surface area contributed by atoms with E-state index in [2.05, 4.69) is 27.0 Å². The average Bonchev–Trinajstić information content (AvgIpc) is 2.72. The summed E-state index contributed by atoms with van der Waals surface area (Å²) in [5.41, 5.74) is 0. The number of hydrogen-bond acceptors (Lipinski definition) is 2. The Morgan fingerprint density at radius 1 is 1.25 bits per heavy atom. The molecule has 0 aromatic rings. The second-order valence-electron chi connectivity index (χ2n) is 4.87. The third kappa shape index (κ3) is 5.94. The molecular formula is C14H26O2. The van der Waals surface area contributed by atoms with Crippen LogP contribution in [0, 0.1) is 11.8 Å². The molecule has 1 aliphatic rings. The summed E-state index contributed by atoms with van der Waals surface area (Å²) in [5, 5.41) is 0. The second kappa shape index (κ2) is 8.37. The summed E-state index contributed by atoms with van der Waals surface area (Å²) in [7, 11) is 0. The van der Waals surface area contributed by atoms with Crippen molar-refractivity contribution in [2.75, 3.05) is 0 Å². The number of rotatable bonds is 4. The highest BCUT2D eigenvalue weighted by Crippen LogP contribution is 2.23. The lowest BCUT2D eigenvalue weighted by atomic mass is 9.99. The van der Waals surface area contributed by atoms with Gasteiger partial charge in [0, 0.05) is 0 Å². The van der Waals surface area contributed by atoms with Crippen LogP contribution in [0.15, 0.2) is 13.2 Å². The molecule has 0 N–H and O–H groups in total. The van der Waals surface area contributed by atoms with E-state index in [0.29, 0.717) is 5.92 Å².